The minimum absolute atomic E-state index is 0.0218. The van der Waals surface area contributed by atoms with Crippen molar-refractivity contribution < 1.29 is 19.1 Å². The second kappa shape index (κ2) is 9.69. The summed E-state index contributed by atoms with van der Waals surface area (Å²) in [5.41, 5.74) is 2.35. The van der Waals surface area contributed by atoms with Crippen LogP contribution in [-0.4, -0.2) is 11.6 Å². The molecule has 4 nitrogen and oxygen atoms in total. The van der Waals surface area contributed by atoms with Crippen molar-refractivity contribution in [2.75, 3.05) is 0 Å². The summed E-state index contributed by atoms with van der Waals surface area (Å²) in [6.45, 7) is 8.58. The summed E-state index contributed by atoms with van der Waals surface area (Å²) >= 11 is 13.7. The van der Waals surface area contributed by atoms with Crippen molar-refractivity contribution in [2.24, 2.45) is 10.8 Å². The molecule has 194 valence electrons. The lowest BCUT2D eigenvalue weighted by molar-refractivity contribution is -0.120. The SMILES string of the molecule is CC1(C)CC(=O)C2=C(C1)OC1=C(C(=O)CC(C)(C)C1)C2c1cc(Br)cc(Br)c1OCc1ccccc1Cl. The van der Waals surface area contributed by atoms with Crippen LogP contribution < -0.4 is 4.74 Å². The minimum Gasteiger partial charge on any atom is -0.487 e. The topological polar surface area (TPSA) is 52.6 Å². The van der Waals surface area contributed by atoms with E-state index in [1.165, 1.54) is 0 Å². The van der Waals surface area contributed by atoms with Crippen molar-refractivity contribution >= 4 is 55.0 Å². The van der Waals surface area contributed by atoms with E-state index in [2.05, 4.69) is 59.6 Å². The molecule has 0 bridgehead atoms. The average Bonchev–Trinajstić information content (AvgIpc) is 2.76. The van der Waals surface area contributed by atoms with Gasteiger partial charge in [0.25, 0.3) is 0 Å². The molecule has 5 rings (SSSR count). The van der Waals surface area contributed by atoms with E-state index in [1.54, 1.807) is 0 Å². The van der Waals surface area contributed by atoms with E-state index in [9.17, 15) is 9.59 Å². The highest BCUT2D eigenvalue weighted by molar-refractivity contribution is 9.11. The van der Waals surface area contributed by atoms with Gasteiger partial charge in [-0.3, -0.25) is 9.59 Å². The third kappa shape index (κ3) is 5.22. The number of allylic oxidation sites excluding steroid dienone is 4. The van der Waals surface area contributed by atoms with Crippen LogP contribution in [0.15, 0.2) is 68.0 Å². The van der Waals surface area contributed by atoms with Crippen LogP contribution in [0.25, 0.3) is 0 Å². The molecule has 0 saturated heterocycles. The van der Waals surface area contributed by atoms with E-state index >= 15 is 0 Å². The zero-order valence-corrected chi connectivity index (χ0v) is 25.3. The van der Waals surface area contributed by atoms with Crippen LogP contribution in [0.4, 0.5) is 0 Å². The third-order valence-electron chi connectivity index (χ3n) is 7.26. The Bertz CT molecular complexity index is 1330. The van der Waals surface area contributed by atoms with E-state index in [4.69, 9.17) is 21.1 Å². The minimum atomic E-state index is -0.555. The summed E-state index contributed by atoms with van der Waals surface area (Å²) in [5, 5.41) is 0.618. The molecule has 0 amide bonds. The summed E-state index contributed by atoms with van der Waals surface area (Å²) in [7, 11) is 0. The Kier molecular flexibility index (Phi) is 7.00. The smallest absolute Gasteiger partial charge is 0.163 e. The monoisotopic (exact) mass is 646 g/mol. The lowest BCUT2D eigenvalue weighted by Gasteiger charge is -2.43. The number of hydrogen-bond acceptors (Lipinski definition) is 4. The Labute approximate surface area is 239 Å². The van der Waals surface area contributed by atoms with E-state index < -0.39 is 5.92 Å². The molecule has 1 heterocycles. The lowest BCUT2D eigenvalue weighted by Crippen LogP contribution is -2.37. The number of carbonyl (C=O) groups is 2. The normalized spacial score (nSPS) is 20.9. The number of benzene rings is 2. The van der Waals surface area contributed by atoms with Crippen LogP contribution in [0, 0.1) is 10.8 Å². The zero-order chi connectivity index (χ0) is 26.7. The van der Waals surface area contributed by atoms with E-state index in [-0.39, 0.29) is 29.0 Å². The van der Waals surface area contributed by atoms with Gasteiger partial charge in [0.1, 0.15) is 23.9 Å². The highest BCUT2D eigenvalue weighted by atomic mass is 79.9. The molecule has 0 saturated carbocycles. The maximum absolute atomic E-state index is 13.7. The summed E-state index contributed by atoms with van der Waals surface area (Å²) in [6.07, 6.45) is 2.08. The fraction of sp³-hybridized carbons (Fsp3) is 0.400. The molecule has 37 heavy (non-hydrogen) atoms. The van der Waals surface area contributed by atoms with Gasteiger partial charge in [0.2, 0.25) is 0 Å². The Balaban J connectivity index is 1.69. The van der Waals surface area contributed by atoms with Crippen LogP contribution >= 0.6 is 43.5 Å². The number of hydrogen-bond donors (Lipinski definition) is 0. The van der Waals surface area contributed by atoms with Crippen molar-refractivity contribution in [3.63, 3.8) is 0 Å². The second-order valence-corrected chi connectivity index (χ2v) is 14.0. The van der Waals surface area contributed by atoms with E-state index in [1.807, 2.05) is 36.4 Å². The fourth-order valence-corrected chi connectivity index (χ4v) is 7.26. The van der Waals surface area contributed by atoms with Gasteiger partial charge in [0, 0.05) is 57.5 Å². The van der Waals surface area contributed by atoms with Gasteiger partial charge in [-0.15, -0.1) is 0 Å². The largest absolute Gasteiger partial charge is 0.487 e. The molecule has 2 aromatic carbocycles. The maximum Gasteiger partial charge on any atom is 0.163 e. The first kappa shape index (κ1) is 26.7. The number of ether oxygens (including phenoxy) is 2. The molecule has 1 aliphatic heterocycles. The Morgan fingerprint density at radius 2 is 1.49 bits per heavy atom. The second-order valence-electron chi connectivity index (χ2n) is 11.8. The number of carbonyl (C=O) groups excluding carboxylic acids is 2. The van der Waals surface area contributed by atoms with Gasteiger partial charge < -0.3 is 9.47 Å². The van der Waals surface area contributed by atoms with Crippen molar-refractivity contribution in [2.45, 2.75) is 65.9 Å². The molecular formula is C30H29Br2ClO4. The molecule has 3 aliphatic rings. The Morgan fingerprint density at radius 3 is 2.05 bits per heavy atom. The molecule has 7 heteroatoms. The number of rotatable bonds is 4. The number of halogens is 3. The lowest BCUT2D eigenvalue weighted by atomic mass is 9.65. The van der Waals surface area contributed by atoms with E-state index in [0.29, 0.717) is 59.1 Å². The van der Waals surface area contributed by atoms with Crippen LogP contribution in [0.2, 0.25) is 5.02 Å². The molecular weight excluding hydrogens is 620 g/mol. The Morgan fingerprint density at radius 1 is 0.919 bits per heavy atom. The summed E-state index contributed by atoms with van der Waals surface area (Å²) < 4.78 is 14.4. The van der Waals surface area contributed by atoms with Crippen molar-refractivity contribution in [3.05, 3.63) is 84.2 Å². The van der Waals surface area contributed by atoms with Gasteiger partial charge in [-0.25, -0.2) is 0 Å². The number of Topliss-reactive ketones (excluding diaryl/α,β-unsaturated/α-hetero) is 2. The average molecular weight is 649 g/mol. The van der Waals surface area contributed by atoms with Gasteiger partial charge in [0.05, 0.1) is 10.4 Å². The van der Waals surface area contributed by atoms with E-state index in [0.717, 1.165) is 20.1 Å². The van der Waals surface area contributed by atoms with Crippen LogP contribution in [0.5, 0.6) is 5.75 Å². The first-order valence-corrected chi connectivity index (χ1v) is 14.4. The van der Waals surface area contributed by atoms with Crippen LogP contribution in [-0.2, 0) is 20.9 Å². The first-order chi connectivity index (χ1) is 17.3. The highest BCUT2D eigenvalue weighted by Crippen LogP contribution is 2.55. The summed E-state index contributed by atoms with van der Waals surface area (Å²) in [5.74, 6) is 1.44. The molecule has 0 unspecified atom stereocenters. The van der Waals surface area contributed by atoms with Gasteiger partial charge in [-0.1, -0.05) is 73.4 Å². The van der Waals surface area contributed by atoms with Gasteiger partial charge >= 0.3 is 0 Å². The molecule has 0 atom stereocenters. The number of ketones is 2. The van der Waals surface area contributed by atoms with Gasteiger partial charge in [-0.05, 0) is 45.0 Å². The molecule has 0 spiro atoms. The fourth-order valence-electron chi connectivity index (χ4n) is 5.70. The molecule has 0 fully saturated rings. The predicted molar refractivity (Wildman–Crippen MR) is 152 cm³/mol. The van der Waals surface area contributed by atoms with Crippen LogP contribution in [0.1, 0.15) is 70.4 Å². The zero-order valence-electron chi connectivity index (χ0n) is 21.3. The maximum atomic E-state index is 13.7. The predicted octanol–water partition coefficient (Wildman–Crippen LogP) is 8.84. The summed E-state index contributed by atoms with van der Waals surface area (Å²) in [4.78, 5) is 27.4. The molecule has 2 aromatic rings. The summed E-state index contributed by atoms with van der Waals surface area (Å²) in [6, 6.07) is 11.4. The van der Waals surface area contributed by atoms with Crippen molar-refractivity contribution in [3.8, 4) is 5.75 Å². The first-order valence-electron chi connectivity index (χ1n) is 12.4. The molecule has 0 aromatic heterocycles. The Hall–Kier alpha value is -1.89. The van der Waals surface area contributed by atoms with Gasteiger partial charge in [0.15, 0.2) is 11.6 Å². The molecule has 0 radical (unpaired) electrons. The van der Waals surface area contributed by atoms with Gasteiger partial charge in [-0.2, -0.15) is 0 Å². The third-order valence-corrected chi connectivity index (χ3v) is 8.68. The van der Waals surface area contributed by atoms with Crippen LogP contribution in [0.3, 0.4) is 0 Å². The standard InChI is InChI=1S/C30H29Br2ClO4/c1-29(2)11-21(34)26-23(13-29)37-24-14-30(3,4)12-22(35)27(24)25(26)18-9-17(31)10-19(32)28(18)36-15-16-7-5-6-8-20(16)33/h5-10,25H,11-15H2,1-4H3. The highest BCUT2D eigenvalue weighted by Gasteiger charge is 2.48. The van der Waals surface area contributed by atoms with Crippen molar-refractivity contribution in [1.29, 1.82) is 0 Å². The molecule has 2 aliphatic carbocycles. The molecule has 0 N–H and O–H groups in total. The quantitative estimate of drug-likeness (QED) is 0.333. The van der Waals surface area contributed by atoms with Crippen molar-refractivity contribution in [1.82, 2.24) is 0 Å².